The largest absolute Gasteiger partial charge is 1.00 e. The summed E-state index contributed by atoms with van der Waals surface area (Å²) in [6, 6.07) is 0. The van der Waals surface area contributed by atoms with Gasteiger partial charge in [-0.25, -0.2) is 0 Å². The molecule has 0 saturated carbocycles. The third-order valence-electron chi connectivity index (χ3n) is 8.43. The number of carbonyl (C=O) groups is 2. The molecule has 41 heavy (non-hydrogen) atoms. The summed E-state index contributed by atoms with van der Waals surface area (Å²) in [5, 5.41) is 19.8. The van der Waals surface area contributed by atoms with Gasteiger partial charge in [0.25, 0.3) is 10.1 Å². The first-order valence-corrected chi connectivity index (χ1v) is 18.0. The zero-order valence-electron chi connectivity index (χ0n) is 27.8. The van der Waals surface area contributed by atoms with E-state index in [2.05, 4.69) is 13.8 Å². The van der Waals surface area contributed by atoms with Crippen molar-refractivity contribution in [2.75, 3.05) is 0 Å². The number of hydrogen-bond donors (Lipinski definition) is 3. The first-order chi connectivity index (χ1) is 19.1. The second-order valence-electron chi connectivity index (χ2n) is 11.9. The van der Waals surface area contributed by atoms with Crippen molar-refractivity contribution in [3.8, 4) is 0 Å². The smallest absolute Gasteiger partial charge is 1.00 e. The van der Waals surface area contributed by atoms with Gasteiger partial charge in [0.15, 0.2) is 0 Å². The predicted molar refractivity (Wildman–Crippen MR) is 166 cm³/mol. The van der Waals surface area contributed by atoms with Gasteiger partial charge in [-0.3, -0.25) is 14.1 Å². The number of carboxylic acids is 2. The summed E-state index contributed by atoms with van der Waals surface area (Å²) in [5.74, 6) is -4.90. The van der Waals surface area contributed by atoms with Crippen LogP contribution in [0.4, 0.5) is 0 Å². The van der Waals surface area contributed by atoms with Crippen molar-refractivity contribution >= 4 is 22.1 Å². The van der Waals surface area contributed by atoms with Crippen molar-refractivity contribution in [1.29, 1.82) is 0 Å². The molecule has 0 aromatic rings. The summed E-state index contributed by atoms with van der Waals surface area (Å²) in [7, 11) is -5.13. The van der Waals surface area contributed by atoms with Crippen LogP contribution in [0.25, 0.3) is 0 Å². The summed E-state index contributed by atoms with van der Waals surface area (Å²) < 4.78 is 32.1. The zero-order valence-corrected chi connectivity index (χ0v) is 29.7. The number of rotatable bonds is 30. The van der Waals surface area contributed by atoms with E-state index in [1.165, 1.54) is 83.5 Å². The van der Waals surface area contributed by atoms with Crippen molar-refractivity contribution in [3.63, 3.8) is 0 Å². The van der Waals surface area contributed by atoms with E-state index in [1.54, 1.807) is 0 Å². The summed E-state index contributed by atoms with van der Waals surface area (Å²) in [6.45, 7) is 4.42. The van der Waals surface area contributed by atoms with E-state index in [0.29, 0.717) is 12.8 Å². The van der Waals surface area contributed by atoms with Crippen molar-refractivity contribution in [3.05, 3.63) is 0 Å². The van der Waals surface area contributed by atoms with Gasteiger partial charge in [-0.05, 0) is 12.8 Å². The zero-order chi connectivity index (χ0) is 30.1. The molecule has 0 rings (SSSR count). The Labute approximate surface area is 275 Å². The second kappa shape index (κ2) is 27.4. The van der Waals surface area contributed by atoms with Crippen LogP contribution in [0.15, 0.2) is 0 Å². The molecule has 240 valence electrons. The van der Waals surface area contributed by atoms with Crippen LogP contribution in [0.3, 0.4) is 0 Å². The summed E-state index contributed by atoms with van der Waals surface area (Å²) in [6.07, 6.45) is 25.2. The van der Waals surface area contributed by atoms with Gasteiger partial charge in [0.2, 0.25) is 4.75 Å². The minimum atomic E-state index is -5.13. The van der Waals surface area contributed by atoms with E-state index in [0.717, 1.165) is 51.4 Å². The van der Waals surface area contributed by atoms with Crippen LogP contribution >= 0.6 is 0 Å². The van der Waals surface area contributed by atoms with Crippen molar-refractivity contribution in [2.24, 2.45) is 5.92 Å². The van der Waals surface area contributed by atoms with Gasteiger partial charge in [0.1, 0.15) is 0 Å². The van der Waals surface area contributed by atoms with Gasteiger partial charge in [-0.15, -0.1) is 0 Å². The molecule has 0 fully saturated rings. The standard InChI is InChI=1S/C32H62O7S.Na.H/c1-3-5-7-9-11-13-15-17-19-21-23-25-27-29(30(33)34)32(31(35)36,40(37,38)39)28-26-24-22-20-18-16-14-12-10-8-6-4-2;;/h29H,3-28H2,1-2H3,(H,33,34)(H,35,36)(H,37,38,39);;/q;+1;-1. The molecule has 2 atom stereocenters. The van der Waals surface area contributed by atoms with Gasteiger partial charge < -0.3 is 11.6 Å². The summed E-state index contributed by atoms with van der Waals surface area (Å²) in [4.78, 5) is 24.4. The number of hydrogen-bond acceptors (Lipinski definition) is 4. The Morgan fingerprint density at radius 1 is 0.585 bits per heavy atom. The molecule has 0 amide bonds. The maximum atomic E-state index is 12.4. The van der Waals surface area contributed by atoms with E-state index in [9.17, 15) is 32.8 Å². The van der Waals surface area contributed by atoms with E-state index in [4.69, 9.17) is 0 Å². The SMILES string of the molecule is CCCCCCCCCCCCCCC(C(=O)O)C(CCCCCCCCCCCCCC)(C(=O)O)S(=O)(=O)O.[H-].[Na+]. The van der Waals surface area contributed by atoms with E-state index in [-0.39, 0.29) is 50.2 Å². The van der Waals surface area contributed by atoms with Gasteiger partial charge in [0.05, 0.1) is 5.92 Å². The van der Waals surface area contributed by atoms with Gasteiger partial charge in [0, 0.05) is 0 Å². The summed E-state index contributed by atoms with van der Waals surface area (Å²) >= 11 is 0. The minimum absolute atomic E-state index is 0. The Morgan fingerprint density at radius 2 is 0.878 bits per heavy atom. The van der Waals surface area contributed by atoms with Gasteiger partial charge in [-0.1, -0.05) is 168 Å². The maximum absolute atomic E-state index is 12.4. The normalized spacial score (nSPS) is 13.8. The van der Waals surface area contributed by atoms with Crippen LogP contribution in [-0.2, 0) is 19.7 Å². The van der Waals surface area contributed by atoms with Crippen LogP contribution in [0.1, 0.15) is 182 Å². The summed E-state index contributed by atoms with van der Waals surface area (Å²) in [5.41, 5.74) is 0. The fourth-order valence-electron chi connectivity index (χ4n) is 5.82. The Kier molecular flexibility index (Phi) is 28.7. The predicted octanol–water partition coefficient (Wildman–Crippen LogP) is 6.70. The van der Waals surface area contributed by atoms with Crippen LogP contribution in [0, 0.1) is 5.92 Å². The molecule has 0 saturated heterocycles. The van der Waals surface area contributed by atoms with Crippen LogP contribution in [-0.4, -0.2) is 39.9 Å². The number of carboxylic acid groups (broad SMARTS) is 2. The molecule has 0 bridgehead atoms. The van der Waals surface area contributed by atoms with E-state index < -0.39 is 32.7 Å². The van der Waals surface area contributed by atoms with E-state index >= 15 is 0 Å². The molecule has 0 aliphatic heterocycles. The number of unbranched alkanes of at least 4 members (excludes halogenated alkanes) is 22. The third kappa shape index (κ3) is 19.7. The molecule has 3 N–H and O–H groups in total. The molecule has 7 nitrogen and oxygen atoms in total. The third-order valence-corrected chi connectivity index (χ3v) is 10.0. The molecule has 0 aromatic carbocycles. The first kappa shape index (κ1) is 43.0. The fourth-order valence-corrected chi connectivity index (χ4v) is 7.02. The quantitative estimate of drug-likeness (QED) is 0.0467. The molecule has 0 aliphatic rings. The molecule has 9 heteroatoms. The Hall–Kier alpha value is -0.150. The second-order valence-corrected chi connectivity index (χ2v) is 13.6. The monoisotopic (exact) mass is 614 g/mol. The molecule has 0 aliphatic carbocycles. The van der Waals surface area contributed by atoms with Gasteiger partial charge in [-0.2, -0.15) is 8.42 Å². The van der Waals surface area contributed by atoms with Crippen molar-refractivity contribution in [1.82, 2.24) is 0 Å². The number of aliphatic carboxylic acids is 2. The molecular formula is C32H63NaO7S. The average molecular weight is 615 g/mol. The van der Waals surface area contributed by atoms with Crippen molar-refractivity contribution < 1.29 is 63.8 Å². The Balaban J connectivity index is -0.00000760. The molecule has 0 aromatic heterocycles. The minimum Gasteiger partial charge on any atom is -1.00 e. The fraction of sp³-hybridized carbons (Fsp3) is 0.938. The van der Waals surface area contributed by atoms with Gasteiger partial charge >= 0.3 is 41.5 Å². The molecule has 2 unspecified atom stereocenters. The Morgan fingerprint density at radius 3 is 1.15 bits per heavy atom. The van der Waals surface area contributed by atoms with Crippen LogP contribution in [0.2, 0.25) is 0 Å². The molecule has 0 radical (unpaired) electrons. The Bertz CT molecular complexity index is 751. The van der Waals surface area contributed by atoms with Crippen LogP contribution in [0.5, 0.6) is 0 Å². The van der Waals surface area contributed by atoms with E-state index in [1.807, 2.05) is 0 Å². The molecular weight excluding hydrogens is 551 g/mol. The molecule has 0 heterocycles. The van der Waals surface area contributed by atoms with Crippen LogP contribution < -0.4 is 29.6 Å². The molecule has 0 spiro atoms. The topological polar surface area (TPSA) is 129 Å². The van der Waals surface area contributed by atoms with Crippen molar-refractivity contribution in [2.45, 2.75) is 186 Å². The average Bonchev–Trinajstić information content (AvgIpc) is 2.89. The maximum Gasteiger partial charge on any atom is 1.00 e. The first-order valence-electron chi connectivity index (χ1n) is 16.6.